The van der Waals surface area contributed by atoms with Crippen LogP contribution in [0.25, 0.3) is 11.0 Å². The Bertz CT molecular complexity index is 851. The van der Waals surface area contributed by atoms with Crippen LogP contribution in [0.15, 0.2) is 42.5 Å². The van der Waals surface area contributed by atoms with E-state index in [-0.39, 0.29) is 6.61 Å². The highest BCUT2D eigenvalue weighted by molar-refractivity contribution is 7.00. The van der Waals surface area contributed by atoms with Gasteiger partial charge >= 0.3 is 0 Å². The second-order valence-corrected chi connectivity index (χ2v) is 7.00. The minimum Gasteiger partial charge on any atom is -0.488 e. The van der Waals surface area contributed by atoms with Crippen molar-refractivity contribution in [1.29, 1.82) is 0 Å². The number of aliphatic hydroxyl groups excluding tert-OH is 1. The van der Waals surface area contributed by atoms with Gasteiger partial charge in [-0.15, -0.1) is 0 Å². The lowest BCUT2D eigenvalue weighted by Gasteiger charge is -2.26. The number of nitrogens with one attached hydrogen (secondary N) is 1. The summed E-state index contributed by atoms with van der Waals surface area (Å²) in [6, 6.07) is 14.7. The van der Waals surface area contributed by atoms with Crippen LogP contribution in [-0.2, 0) is 12.8 Å². The van der Waals surface area contributed by atoms with Gasteiger partial charge in [0.1, 0.15) is 29.5 Å². The van der Waals surface area contributed by atoms with Gasteiger partial charge in [0.15, 0.2) is 0 Å². The van der Waals surface area contributed by atoms with E-state index in [0.29, 0.717) is 18.3 Å². The van der Waals surface area contributed by atoms with Gasteiger partial charge in [-0.2, -0.15) is 8.75 Å². The first-order valence-electron chi connectivity index (χ1n) is 8.62. The van der Waals surface area contributed by atoms with Crippen molar-refractivity contribution in [2.45, 2.75) is 31.4 Å². The molecule has 3 aromatic rings. The van der Waals surface area contributed by atoms with Crippen molar-refractivity contribution in [1.82, 2.24) is 14.1 Å². The molecule has 2 unspecified atom stereocenters. The number of aryl methyl sites for hydroxylation is 1. The highest BCUT2D eigenvalue weighted by Crippen LogP contribution is 2.24. The Morgan fingerprint density at radius 3 is 2.96 bits per heavy atom. The van der Waals surface area contributed by atoms with E-state index in [1.54, 1.807) is 0 Å². The molecule has 0 aliphatic heterocycles. The topological polar surface area (TPSA) is 67.3 Å². The van der Waals surface area contributed by atoms with Crippen LogP contribution in [0.5, 0.6) is 5.75 Å². The Kier molecular flexibility index (Phi) is 4.92. The van der Waals surface area contributed by atoms with Crippen LogP contribution < -0.4 is 10.1 Å². The maximum atomic E-state index is 10.2. The molecule has 0 amide bonds. The molecule has 6 heteroatoms. The van der Waals surface area contributed by atoms with Crippen molar-refractivity contribution >= 4 is 22.8 Å². The summed E-state index contributed by atoms with van der Waals surface area (Å²) in [5.41, 5.74) is 4.46. The lowest BCUT2D eigenvalue weighted by atomic mass is 9.88. The van der Waals surface area contributed by atoms with Crippen molar-refractivity contribution in [3.63, 3.8) is 0 Å². The smallest absolute Gasteiger partial charge is 0.148 e. The van der Waals surface area contributed by atoms with E-state index in [0.717, 1.165) is 30.3 Å². The molecule has 1 heterocycles. The number of fused-ring (bicyclic) bond motifs is 2. The third-order valence-electron chi connectivity index (χ3n) is 4.67. The van der Waals surface area contributed by atoms with Gasteiger partial charge < -0.3 is 15.2 Å². The number of aliphatic hydroxyl groups is 1. The molecule has 25 heavy (non-hydrogen) atoms. The molecular weight excluding hydrogens is 334 g/mol. The molecule has 2 N–H and O–H groups in total. The van der Waals surface area contributed by atoms with Gasteiger partial charge in [-0.3, -0.25) is 0 Å². The predicted octanol–water partition coefficient (Wildman–Crippen LogP) is 2.58. The van der Waals surface area contributed by atoms with E-state index >= 15 is 0 Å². The van der Waals surface area contributed by atoms with Gasteiger partial charge in [0.25, 0.3) is 0 Å². The number of hydrogen-bond acceptors (Lipinski definition) is 6. The lowest BCUT2D eigenvalue weighted by Crippen LogP contribution is -2.40. The Hall–Kier alpha value is -2.02. The molecule has 2 aromatic carbocycles. The summed E-state index contributed by atoms with van der Waals surface area (Å²) in [4.78, 5) is 0. The van der Waals surface area contributed by atoms with E-state index in [9.17, 15) is 5.11 Å². The van der Waals surface area contributed by atoms with Gasteiger partial charge in [0, 0.05) is 12.6 Å². The standard InChI is InChI=1S/C19H21N3O2S/c23-16(12-24-18-7-3-6-17-19(18)22-25-21-17)11-20-15-9-8-13-4-1-2-5-14(13)10-15/h1-7,15-16,20,23H,8-12H2. The molecule has 0 fully saturated rings. The van der Waals surface area contributed by atoms with Crippen molar-refractivity contribution in [3.8, 4) is 5.75 Å². The molecule has 5 nitrogen and oxygen atoms in total. The van der Waals surface area contributed by atoms with Crippen molar-refractivity contribution in [3.05, 3.63) is 53.6 Å². The molecule has 0 saturated carbocycles. The maximum Gasteiger partial charge on any atom is 0.148 e. The summed E-state index contributed by atoms with van der Waals surface area (Å²) in [6.07, 6.45) is 2.67. The molecule has 2 atom stereocenters. The van der Waals surface area contributed by atoms with E-state index in [4.69, 9.17) is 4.74 Å². The number of rotatable bonds is 6. The summed E-state index contributed by atoms with van der Waals surface area (Å²) in [5.74, 6) is 0.678. The summed E-state index contributed by atoms with van der Waals surface area (Å²) >= 11 is 1.17. The molecule has 1 aliphatic carbocycles. The molecule has 0 radical (unpaired) electrons. The van der Waals surface area contributed by atoms with E-state index < -0.39 is 6.10 Å². The minimum absolute atomic E-state index is 0.243. The first-order chi connectivity index (χ1) is 12.3. The zero-order valence-electron chi connectivity index (χ0n) is 13.9. The van der Waals surface area contributed by atoms with Gasteiger partial charge in [0.2, 0.25) is 0 Å². The van der Waals surface area contributed by atoms with E-state index in [1.807, 2.05) is 18.2 Å². The summed E-state index contributed by atoms with van der Waals surface area (Å²) in [6.45, 7) is 0.769. The van der Waals surface area contributed by atoms with Crippen LogP contribution in [0.3, 0.4) is 0 Å². The Morgan fingerprint density at radius 2 is 2.04 bits per heavy atom. The normalized spacial score (nSPS) is 18.0. The highest BCUT2D eigenvalue weighted by atomic mass is 32.1. The van der Waals surface area contributed by atoms with Crippen LogP contribution in [0.1, 0.15) is 17.5 Å². The summed E-state index contributed by atoms with van der Waals surface area (Å²) in [7, 11) is 0. The maximum absolute atomic E-state index is 10.2. The van der Waals surface area contributed by atoms with Crippen molar-refractivity contribution < 1.29 is 9.84 Å². The monoisotopic (exact) mass is 355 g/mol. The first-order valence-corrected chi connectivity index (χ1v) is 9.35. The van der Waals surface area contributed by atoms with Crippen LogP contribution in [0.4, 0.5) is 0 Å². The van der Waals surface area contributed by atoms with E-state index in [1.165, 1.54) is 22.9 Å². The Labute approximate surface area is 151 Å². The van der Waals surface area contributed by atoms with Gasteiger partial charge in [-0.25, -0.2) is 0 Å². The number of hydrogen-bond donors (Lipinski definition) is 2. The third-order valence-corrected chi connectivity index (χ3v) is 5.21. The zero-order valence-corrected chi connectivity index (χ0v) is 14.7. The fraction of sp³-hybridized carbons (Fsp3) is 0.368. The SMILES string of the molecule is OC(CNC1CCc2ccccc2C1)COc1cccc2nsnc12. The Balaban J connectivity index is 1.27. The second-order valence-electron chi connectivity index (χ2n) is 6.47. The number of aromatic nitrogens is 2. The quantitative estimate of drug-likeness (QED) is 0.711. The molecular formula is C19H21N3O2S. The molecule has 1 aromatic heterocycles. The van der Waals surface area contributed by atoms with Crippen molar-refractivity contribution in [2.24, 2.45) is 0 Å². The molecule has 1 aliphatic rings. The number of benzene rings is 2. The Morgan fingerprint density at radius 1 is 1.16 bits per heavy atom. The van der Waals surface area contributed by atoms with Crippen LogP contribution >= 0.6 is 11.7 Å². The van der Waals surface area contributed by atoms with Crippen molar-refractivity contribution in [2.75, 3.05) is 13.2 Å². The first kappa shape index (κ1) is 16.4. The van der Waals surface area contributed by atoms with Crippen LogP contribution in [0.2, 0.25) is 0 Å². The van der Waals surface area contributed by atoms with Gasteiger partial charge in [-0.1, -0.05) is 30.3 Å². The average molecular weight is 355 g/mol. The molecule has 0 bridgehead atoms. The van der Waals surface area contributed by atoms with Gasteiger partial charge in [0.05, 0.1) is 11.7 Å². The van der Waals surface area contributed by atoms with Crippen LogP contribution in [0, 0.1) is 0 Å². The van der Waals surface area contributed by atoms with Crippen LogP contribution in [-0.4, -0.2) is 39.2 Å². The molecule has 4 rings (SSSR count). The molecule has 0 spiro atoms. The minimum atomic E-state index is -0.556. The lowest BCUT2D eigenvalue weighted by molar-refractivity contribution is 0.103. The molecule has 130 valence electrons. The summed E-state index contributed by atoms with van der Waals surface area (Å²) < 4.78 is 14.2. The number of nitrogens with zero attached hydrogens (tertiary/aromatic N) is 2. The largest absolute Gasteiger partial charge is 0.488 e. The third kappa shape index (κ3) is 3.81. The number of ether oxygens (including phenoxy) is 1. The fourth-order valence-corrected chi connectivity index (χ4v) is 3.86. The fourth-order valence-electron chi connectivity index (χ4n) is 3.32. The van der Waals surface area contributed by atoms with E-state index in [2.05, 4.69) is 38.3 Å². The second kappa shape index (κ2) is 7.47. The highest BCUT2D eigenvalue weighted by Gasteiger charge is 2.19. The molecule has 0 saturated heterocycles. The zero-order chi connectivity index (χ0) is 17.1. The summed E-state index contributed by atoms with van der Waals surface area (Å²) in [5, 5.41) is 13.7. The van der Waals surface area contributed by atoms with Gasteiger partial charge in [-0.05, 0) is 42.5 Å². The average Bonchev–Trinajstić information content (AvgIpc) is 3.14. The predicted molar refractivity (Wildman–Crippen MR) is 99.2 cm³/mol.